The molecule has 2 aromatic carbocycles. The number of hydrogen-bond donors (Lipinski definition) is 4. The van der Waals surface area contributed by atoms with Crippen molar-refractivity contribution < 1.29 is 62.4 Å². The predicted octanol–water partition coefficient (Wildman–Crippen LogP) is 6.94. The molecule has 2 aliphatic rings. The first-order valence-corrected chi connectivity index (χ1v) is 22.0. The SMILES string of the molecule is CN(CCCC(=O)On1c(O)ccc1O)S(=O)(=O)c1ccc2c(c1)C(C)(C)C(=CC=CC=CC=CC1=[N+](CCCSOOO)c3ccccc3C1(C)C)N2CCCC(=O)OO. The number of anilines is 1. The molecule has 0 fully saturated rings. The molecule has 0 aliphatic carbocycles. The Balaban J connectivity index is 1.31. The van der Waals surface area contributed by atoms with Gasteiger partial charge in [0.2, 0.25) is 27.5 Å². The van der Waals surface area contributed by atoms with Crippen molar-refractivity contribution in [2.75, 3.05) is 37.3 Å². The van der Waals surface area contributed by atoms with Crippen molar-refractivity contribution in [3.8, 4) is 11.8 Å². The maximum Gasteiger partial charge on any atom is 0.342 e. The maximum atomic E-state index is 13.8. The number of carbonyl (C=O) groups excluding carboxylic acids is 2. The summed E-state index contributed by atoms with van der Waals surface area (Å²) in [7, 11) is -2.57. The van der Waals surface area contributed by atoms with Crippen LogP contribution in [0.5, 0.6) is 11.8 Å². The molecular formula is C43H53N4O12S2+. The highest BCUT2D eigenvalue weighted by Crippen LogP contribution is 2.49. The van der Waals surface area contributed by atoms with Gasteiger partial charge in [0.25, 0.3) is 0 Å². The van der Waals surface area contributed by atoms with Crippen molar-refractivity contribution in [2.24, 2.45) is 0 Å². The number of nitrogens with zero attached hydrogens (tertiary/aromatic N) is 4. The molecule has 1 aromatic heterocycles. The van der Waals surface area contributed by atoms with Gasteiger partial charge < -0.3 is 24.8 Å². The first-order valence-electron chi connectivity index (χ1n) is 19.7. The van der Waals surface area contributed by atoms with Crippen LogP contribution in [0.15, 0.2) is 108 Å². The van der Waals surface area contributed by atoms with Gasteiger partial charge in [0.15, 0.2) is 5.71 Å². The minimum atomic E-state index is -3.99. The van der Waals surface area contributed by atoms with E-state index in [2.05, 4.69) is 50.9 Å². The van der Waals surface area contributed by atoms with E-state index in [0.29, 0.717) is 23.4 Å². The van der Waals surface area contributed by atoms with E-state index in [1.54, 1.807) is 12.1 Å². The van der Waals surface area contributed by atoms with Crippen molar-refractivity contribution in [3.63, 3.8) is 0 Å². The average molecular weight is 882 g/mol. The Kier molecular flexibility index (Phi) is 15.8. The van der Waals surface area contributed by atoms with Crippen molar-refractivity contribution in [3.05, 3.63) is 114 Å². The number of allylic oxidation sites excluding steroid dienone is 8. The Morgan fingerprint density at radius 3 is 2.26 bits per heavy atom. The summed E-state index contributed by atoms with van der Waals surface area (Å²) in [4.78, 5) is 35.0. The summed E-state index contributed by atoms with van der Waals surface area (Å²) in [5, 5.41) is 40.4. The lowest BCUT2D eigenvalue weighted by Gasteiger charge is -2.27. The number of fused-ring (bicyclic) bond motifs is 2. The topological polar surface area (TPSA) is 201 Å². The van der Waals surface area contributed by atoms with E-state index in [1.165, 1.54) is 18.7 Å². The van der Waals surface area contributed by atoms with Crippen LogP contribution >= 0.6 is 12.0 Å². The highest BCUT2D eigenvalue weighted by atomic mass is 32.2. The molecule has 0 saturated carbocycles. The molecule has 0 radical (unpaired) electrons. The molecule has 0 spiro atoms. The molecule has 16 nitrogen and oxygen atoms in total. The zero-order chi connectivity index (χ0) is 44.4. The smallest absolute Gasteiger partial charge is 0.342 e. The van der Waals surface area contributed by atoms with Crippen LogP contribution in [0.1, 0.15) is 70.9 Å². The van der Waals surface area contributed by atoms with E-state index in [4.69, 9.17) is 15.4 Å². The van der Waals surface area contributed by atoms with Crippen LogP contribution in [0.3, 0.4) is 0 Å². The molecule has 0 saturated heterocycles. The lowest BCUT2D eigenvalue weighted by atomic mass is 9.81. The molecule has 3 aromatic rings. The molecule has 4 N–H and O–H groups in total. The van der Waals surface area contributed by atoms with Gasteiger partial charge in [-0.05, 0) is 56.5 Å². The van der Waals surface area contributed by atoms with Gasteiger partial charge in [0.1, 0.15) is 6.54 Å². The van der Waals surface area contributed by atoms with Crippen LogP contribution in [0.2, 0.25) is 0 Å². The third kappa shape index (κ3) is 10.8. The lowest BCUT2D eigenvalue weighted by molar-refractivity contribution is -0.438. The Morgan fingerprint density at radius 1 is 0.852 bits per heavy atom. The standard InChI is InChI=1S/C43H52N4O12S2/c1-42(2)32-16-11-12-17-34(32)46(28-15-29-60-59-58-53)36(42)18-9-7-6-8-10-19-37-43(3,4)33-30-31(22-23-35(33)45(37)27-14-21-41(51)57-52)61(54,55)44(5)26-13-20-40(50)56-47-38(48)24-25-39(47)49/h6-12,16-19,22-25,30H,13-15,20-21,26-29H2,1-5H3,(H3-,48,49,52,53)/p+1. The van der Waals surface area contributed by atoms with Crippen LogP contribution in [-0.4, -0.2) is 92.8 Å². The molecule has 0 bridgehead atoms. The van der Waals surface area contributed by atoms with Gasteiger partial charge in [0.05, 0.1) is 16.7 Å². The summed E-state index contributed by atoms with van der Waals surface area (Å²) in [6, 6.07) is 15.6. The summed E-state index contributed by atoms with van der Waals surface area (Å²) >= 11 is 1.04. The minimum absolute atomic E-state index is 0.00626. The Bertz CT molecular complexity index is 2310. The number of para-hydroxylation sites is 1. The first kappa shape index (κ1) is 46.8. The number of aromatic hydroxyl groups is 2. The Labute approximate surface area is 359 Å². The molecule has 5 rings (SSSR count). The number of benzene rings is 2. The Hall–Kier alpha value is -5.21. The van der Waals surface area contributed by atoms with Crippen LogP contribution in [-0.2, 0) is 44.7 Å². The van der Waals surface area contributed by atoms with E-state index in [-0.39, 0.29) is 36.1 Å². The molecule has 61 heavy (non-hydrogen) atoms. The molecule has 3 heterocycles. The van der Waals surface area contributed by atoms with Crippen LogP contribution in [0.25, 0.3) is 0 Å². The van der Waals surface area contributed by atoms with E-state index in [1.807, 2.05) is 67.3 Å². The second kappa shape index (κ2) is 20.6. The van der Waals surface area contributed by atoms with Gasteiger partial charge in [-0.15, -0.1) is 9.06 Å². The molecule has 0 amide bonds. The van der Waals surface area contributed by atoms with Crippen molar-refractivity contribution in [1.82, 2.24) is 9.04 Å². The van der Waals surface area contributed by atoms with Crippen molar-refractivity contribution in [2.45, 2.75) is 75.5 Å². The largest absolute Gasteiger partial charge is 0.492 e. The molecule has 2 aliphatic heterocycles. The zero-order valence-electron chi connectivity index (χ0n) is 34.8. The number of sulfonamides is 1. The monoisotopic (exact) mass is 881 g/mol. The Morgan fingerprint density at radius 2 is 1.54 bits per heavy atom. The van der Waals surface area contributed by atoms with Gasteiger partial charge in [-0.2, -0.15) is 9.83 Å². The average Bonchev–Trinajstić information content (AvgIpc) is 3.74. The quantitative estimate of drug-likeness (QED) is 0.0214. The predicted molar refractivity (Wildman–Crippen MR) is 230 cm³/mol. The lowest BCUT2D eigenvalue weighted by Crippen LogP contribution is -2.29. The van der Waals surface area contributed by atoms with E-state index in [9.17, 15) is 28.2 Å². The van der Waals surface area contributed by atoms with E-state index in [0.717, 1.165) is 69.8 Å². The summed E-state index contributed by atoms with van der Waals surface area (Å²) in [6.45, 7) is 9.51. The molecule has 18 heteroatoms. The fourth-order valence-electron chi connectivity index (χ4n) is 7.58. The van der Waals surface area contributed by atoms with Gasteiger partial charge >= 0.3 is 11.9 Å². The number of rotatable bonds is 21. The summed E-state index contributed by atoms with van der Waals surface area (Å²) in [5.41, 5.74) is 5.03. The van der Waals surface area contributed by atoms with Crippen molar-refractivity contribution >= 4 is 51.1 Å². The van der Waals surface area contributed by atoms with Crippen LogP contribution in [0, 0.1) is 0 Å². The second-order valence-corrected chi connectivity index (χ2v) is 18.3. The highest BCUT2D eigenvalue weighted by molar-refractivity contribution is 7.94. The summed E-state index contributed by atoms with van der Waals surface area (Å²) < 4.78 is 36.1. The van der Waals surface area contributed by atoms with E-state index >= 15 is 0 Å². The maximum absolute atomic E-state index is 13.8. The molecular weight excluding hydrogens is 829 g/mol. The zero-order valence-corrected chi connectivity index (χ0v) is 36.4. The fourth-order valence-corrected chi connectivity index (χ4v) is 9.17. The van der Waals surface area contributed by atoms with Gasteiger partial charge in [-0.3, -0.25) is 0 Å². The van der Waals surface area contributed by atoms with Crippen LogP contribution < -0.4 is 9.74 Å². The van der Waals surface area contributed by atoms with Crippen LogP contribution in [0.4, 0.5) is 11.4 Å². The van der Waals surface area contributed by atoms with Gasteiger partial charge in [-0.1, -0.05) is 67.5 Å². The molecule has 328 valence electrons. The number of carbonyl (C=O) groups is 2. The normalized spacial score (nSPS) is 16.5. The third-order valence-electron chi connectivity index (χ3n) is 10.7. The number of hydrogen-bond acceptors (Lipinski definition) is 14. The molecule has 0 atom stereocenters. The fraction of sp³-hybridized carbons (Fsp3) is 0.372. The summed E-state index contributed by atoms with van der Waals surface area (Å²) in [6.07, 6.45) is 14.8. The van der Waals surface area contributed by atoms with Gasteiger partial charge in [0, 0.05) is 97.4 Å². The second-order valence-electron chi connectivity index (χ2n) is 15.4. The molecule has 0 unspecified atom stereocenters. The van der Waals surface area contributed by atoms with Gasteiger partial charge in [-0.25, -0.2) is 27.6 Å². The highest BCUT2D eigenvalue weighted by Gasteiger charge is 2.44. The summed E-state index contributed by atoms with van der Waals surface area (Å²) in [5.74, 6) is -1.81. The number of aromatic nitrogens is 1. The first-order chi connectivity index (χ1) is 29.0. The minimum Gasteiger partial charge on any atom is -0.492 e. The third-order valence-corrected chi connectivity index (χ3v) is 13.2. The van der Waals surface area contributed by atoms with Crippen molar-refractivity contribution in [1.29, 1.82) is 0 Å². The van der Waals surface area contributed by atoms with E-state index < -0.39 is 39.1 Å².